The van der Waals surface area contributed by atoms with Crippen molar-refractivity contribution in [3.63, 3.8) is 0 Å². The minimum absolute atomic E-state index is 0.592. The van der Waals surface area contributed by atoms with Crippen LogP contribution in [0.5, 0.6) is 11.5 Å². The minimum Gasteiger partial charge on any atom is -0.494 e. The van der Waals surface area contributed by atoms with Crippen molar-refractivity contribution in [1.82, 2.24) is 29.9 Å². The Morgan fingerprint density at radius 1 is 0.240 bits per heavy atom. The molecule has 14 heteroatoms. The molecule has 4 N–H and O–H groups in total. The molecule has 4 aromatic rings. The Bertz CT molecular complexity index is 2230. The standard InChI is InChI=1S/C86H154N12O2/c1-7-13-19-25-31-33-39-43-51-59-75-99-79-65-61-77(62-66-79)89-83-91-81(93-85(95-83)97(71-55-47-27-21-15-9-3)72-56-48-28-22-16-10-4)87-69-53-45-41-37-35-36-38-42-46-54-70-88-82-92-84(90-78-63-67-80(68-64-78)100-76-60-52-44-40-34-32-26-20-14-8-2)96-86(94-82)98(73-57-49-29-23-17-11-5)74-58-50-30-24-18-12-6/h61-68H,7-60,69-76H2,1-6H3,(H2,87,89,91,93,95)(H2,88,90,92,94,96). The van der Waals surface area contributed by atoms with Crippen molar-refractivity contribution in [2.45, 2.75) is 388 Å². The van der Waals surface area contributed by atoms with Gasteiger partial charge in [-0.05, 0) is 99.9 Å². The number of anilines is 8. The third-order valence-corrected chi connectivity index (χ3v) is 19.9. The van der Waals surface area contributed by atoms with Crippen molar-refractivity contribution in [1.29, 1.82) is 0 Å². The highest BCUT2D eigenvalue weighted by Gasteiger charge is 2.17. The van der Waals surface area contributed by atoms with Gasteiger partial charge < -0.3 is 40.5 Å². The van der Waals surface area contributed by atoms with Crippen molar-refractivity contribution in [3.05, 3.63) is 48.5 Å². The van der Waals surface area contributed by atoms with E-state index in [1.165, 1.54) is 295 Å². The third kappa shape index (κ3) is 46.5. The van der Waals surface area contributed by atoms with Crippen molar-refractivity contribution in [3.8, 4) is 11.5 Å². The number of ether oxygens (including phenoxy) is 2. The van der Waals surface area contributed by atoms with Crippen LogP contribution in [-0.2, 0) is 0 Å². The summed E-state index contributed by atoms with van der Waals surface area (Å²) in [7, 11) is 0. The number of benzene rings is 2. The second-order valence-electron chi connectivity index (χ2n) is 29.4. The maximum Gasteiger partial charge on any atom is 0.233 e. The maximum atomic E-state index is 6.19. The van der Waals surface area contributed by atoms with Gasteiger partial charge in [-0.1, -0.05) is 337 Å². The van der Waals surface area contributed by atoms with Crippen molar-refractivity contribution in [2.75, 3.05) is 83.5 Å². The van der Waals surface area contributed by atoms with E-state index in [0.29, 0.717) is 23.8 Å². The van der Waals surface area contributed by atoms with E-state index in [0.717, 1.165) is 139 Å². The molecule has 2 aromatic carbocycles. The molecule has 0 unspecified atom stereocenters. The van der Waals surface area contributed by atoms with Gasteiger partial charge >= 0.3 is 0 Å². The molecule has 0 bridgehead atoms. The maximum absolute atomic E-state index is 6.19. The SMILES string of the molecule is CCCCCCCCCCCCOc1ccc(Nc2nc(NCCCCCCCCCCCCNc3nc(Nc4ccc(OCCCCCCCCCCCC)cc4)nc(N(CCCCCCCC)CCCCCCCC)n3)nc(N(CCCCCCCC)CCCCCCCC)n2)cc1. The van der Waals surface area contributed by atoms with Gasteiger partial charge in [-0.2, -0.15) is 29.9 Å². The number of nitrogens with zero attached hydrogens (tertiary/aromatic N) is 8. The Morgan fingerprint density at radius 2 is 0.460 bits per heavy atom. The summed E-state index contributed by atoms with van der Waals surface area (Å²) in [6, 6.07) is 16.6. The van der Waals surface area contributed by atoms with Crippen LogP contribution in [0.3, 0.4) is 0 Å². The van der Waals surface area contributed by atoms with Gasteiger partial charge in [-0.15, -0.1) is 0 Å². The molecule has 0 fully saturated rings. The van der Waals surface area contributed by atoms with E-state index in [4.69, 9.17) is 39.4 Å². The minimum atomic E-state index is 0.592. The first-order chi connectivity index (χ1) is 49.5. The number of nitrogens with one attached hydrogen (secondary N) is 4. The predicted octanol–water partition coefficient (Wildman–Crippen LogP) is 26.6. The lowest BCUT2D eigenvalue weighted by molar-refractivity contribution is 0.304. The summed E-state index contributed by atoms with van der Waals surface area (Å²) in [5.74, 6) is 5.90. The monoisotopic (exact) mass is 1390 g/mol. The van der Waals surface area contributed by atoms with Crippen LogP contribution in [0.15, 0.2) is 48.5 Å². The zero-order valence-electron chi connectivity index (χ0n) is 65.9. The molecule has 100 heavy (non-hydrogen) atoms. The molecule has 570 valence electrons. The quantitative estimate of drug-likeness (QED) is 0.0311. The average Bonchev–Trinajstić information content (AvgIpc) is 0.851. The Morgan fingerprint density at radius 3 is 0.720 bits per heavy atom. The van der Waals surface area contributed by atoms with E-state index >= 15 is 0 Å². The van der Waals surface area contributed by atoms with E-state index in [1.807, 2.05) is 0 Å². The lowest BCUT2D eigenvalue weighted by Crippen LogP contribution is -2.28. The van der Waals surface area contributed by atoms with Crippen molar-refractivity contribution < 1.29 is 9.47 Å². The van der Waals surface area contributed by atoms with Crippen LogP contribution in [0, 0.1) is 0 Å². The summed E-state index contributed by atoms with van der Waals surface area (Å²) in [5.41, 5.74) is 1.91. The molecule has 0 aliphatic heterocycles. The first-order valence-electron chi connectivity index (χ1n) is 43.0. The molecule has 0 saturated carbocycles. The zero-order valence-corrected chi connectivity index (χ0v) is 65.9. The Kier molecular flexibility index (Phi) is 55.4. The number of aromatic nitrogens is 6. The van der Waals surface area contributed by atoms with Gasteiger partial charge in [0.25, 0.3) is 0 Å². The van der Waals surface area contributed by atoms with Crippen molar-refractivity contribution >= 4 is 47.1 Å². The molecule has 0 amide bonds. The number of hydrogen-bond donors (Lipinski definition) is 4. The summed E-state index contributed by atoms with van der Waals surface area (Å²) >= 11 is 0. The van der Waals surface area contributed by atoms with E-state index < -0.39 is 0 Å². The number of hydrogen-bond acceptors (Lipinski definition) is 14. The summed E-state index contributed by atoms with van der Waals surface area (Å²) in [6.07, 6.45) is 69.2. The van der Waals surface area contributed by atoms with Gasteiger partial charge in [0, 0.05) is 50.6 Å². The molecule has 2 aromatic heterocycles. The first kappa shape index (κ1) is 87.3. The molecule has 0 aliphatic rings. The van der Waals surface area contributed by atoms with Gasteiger partial charge in [0.1, 0.15) is 11.5 Å². The van der Waals surface area contributed by atoms with Crippen LogP contribution in [0.1, 0.15) is 388 Å². The average molecular weight is 1390 g/mol. The van der Waals surface area contributed by atoms with Crippen LogP contribution in [0.2, 0.25) is 0 Å². The normalized spacial score (nSPS) is 11.4. The summed E-state index contributed by atoms with van der Waals surface area (Å²) in [6.45, 7) is 20.9. The topological polar surface area (TPSA) is 150 Å². The Hall–Kier alpha value is -5.14. The highest BCUT2D eigenvalue weighted by molar-refractivity contribution is 5.58. The van der Waals surface area contributed by atoms with Crippen molar-refractivity contribution in [2.24, 2.45) is 0 Å². The van der Waals surface area contributed by atoms with Gasteiger partial charge in [0.05, 0.1) is 13.2 Å². The molecule has 2 heterocycles. The van der Waals surface area contributed by atoms with E-state index in [-0.39, 0.29) is 0 Å². The Labute approximate surface area is 615 Å². The molecular weight excluding hydrogens is 1230 g/mol. The number of unbranched alkanes of at least 4 members (excludes halogenated alkanes) is 47. The molecule has 0 atom stereocenters. The van der Waals surface area contributed by atoms with Crippen LogP contribution in [0.4, 0.5) is 47.1 Å². The molecular formula is C86H154N12O2. The molecule has 4 rings (SSSR count). The van der Waals surface area contributed by atoms with E-state index in [1.54, 1.807) is 0 Å². The van der Waals surface area contributed by atoms with Gasteiger partial charge in [0.2, 0.25) is 35.7 Å². The largest absolute Gasteiger partial charge is 0.494 e. The van der Waals surface area contributed by atoms with E-state index in [9.17, 15) is 0 Å². The van der Waals surface area contributed by atoms with E-state index in [2.05, 4.69) is 121 Å². The lowest BCUT2D eigenvalue weighted by atomic mass is 10.1. The fourth-order valence-electron chi connectivity index (χ4n) is 13.4. The first-order valence-corrected chi connectivity index (χ1v) is 43.0. The molecule has 0 spiro atoms. The second-order valence-corrected chi connectivity index (χ2v) is 29.4. The summed E-state index contributed by atoms with van der Waals surface area (Å²) in [4.78, 5) is 35.3. The highest BCUT2D eigenvalue weighted by Crippen LogP contribution is 2.26. The highest BCUT2D eigenvalue weighted by atomic mass is 16.5. The lowest BCUT2D eigenvalue weighted by Gasteiger charge is -2.24. The van der Waals surface area contributed by atoms with Gasteiger partial charge in [-0.3, -0.25) is 0 Å². The van der Waals surface area contributed by atoms with Crippen LogP contribution in [-0.4, -0.2) is 82.4 Å². The molecule has 0 radical (unpaired) electrons. The molecule has 0 saturated heterocycles. The van der Waals surface area contributed by atoms with Gasteiger partial charge in [0.15, 0.2) is 0 Å². The zero-order chi connectivity index (χ0) is 70.9. The summed E-state index contributed by atoms with van der Waals surface area (Å²) < 4.78 is 12.4. The van der Waals surface area contributed by atoms with Crippen LogP contribution in [0.25, 0.3) is 0 Å². The fourth-order valence-corrected chi connectivity index (χ4v) is 13.4. The van der Waals surface area contributed by atoms with Crippen LogP contribution >= 0.6 is 0 Å². The fraction of sp³-hybridized carbons (Fsp3) is 0.791. The molecule has 14 nitrogen and oxygen atoms in total. The van der Waals surface area contributed by atoms with Gasteiger partial charge in [-0.25, -0.2) is 0 Å². The van der Waals surface area contributed by atoms with Crippen LogP contribution < -0.4 is 40.5 Å². The predicted molar refractivity (Wildman–Crippen MR) is 435 cm³/mol. The second kappa shape index (κ2) is 63.5. The Balaban J connectivity index is 1.26. The molecule has 0 aliphatic carbocycles. The number of rotatable bonds is 73. The smallest absolute Gasteiger partial charge is 0.233 e. The third-order valence-electron chi connectivity index (χ3n) is 19.9. The summed E-state index contributed by atoms with van der Waals surface area (Å²) in [5, 5.41) is 14.4.